The largest absolute Gasteiger partial charge is 0.473 e. The van der Waals surface area contributed by atoms with E-state index in [1.165, 1.54) is 40.0 Å². The number of aromatic nitrogens is 3. The number of carbonyl (C=O) groups is 2. The molecule has 204 valence electrons. The van der Waals surface area contributed by atoms with E-state index in [-0.39, 0.29) is 50.7 Å². The second-order valence-electron chi connectivity index (χ2n) is 7.94. The third-order valence-corrected chi connectivity index (χ3v) is 5.56. The number of nitrogens with zero attached hydrogens (tertiary/aromatic N) is 5. The van der Waals surface area contributed by atoms with E-state index < -0.39 is 42.3 Å². The highest BCUT2D eigenvalue weighted by atomic mass is 35.5. The number of hydrogen-bond acceptors (Lipinski definition) is 6. The highest BCUT2D eigenvalue weighted by molar-refractivity contribution is 6.31. The van der Waals surface area contributed by atoms with Gasteiger partial charge in [-0.3, -0.25) is 9.78 Å². The quantitative estimate of drug-likeness (QED) is 0.317. The highest BCUT2D eigenvalue weighted by Crippen LogP contribution is 2.36. The van der Waals surface area contributed by atoms with Crippen molar-refractivity contribution in [1.82, 2.24) is 30.5 Å². The molecule has 0 saturated carbocycles. The normalized spacial score (nSPS) is 12.3. The number of aryl methyl sites for hydroxylation is 1. The molecule has 0 bridgehead atoms. The van der Waals surface area contributed by atoms with Crippen LogP contribution in [0.25, 0.3) is 22.5 Å². The summed E-state index contributed by atoms with van der Waals surface area (Å²) in [6.07, 6.45) is -4.00. The first-order valence-corrected chi connectivity index (χ1v) is 11.6. The monoisotopic (exact) mass is 560 g/mol. The van der Waals surface area contributed by atoms with E-state index >= 15 is 4.39 Å². The number of carbonyl (C=O) groups excluding carboxylic acids is 2. The molecule has 1 aromatic carbocycles. The Kier molecular flexibility index (Phi) is 8.54. The van der Waals surface area contributed by atoms with E-state index in [9.17, 15) is 27.2 Å². The molecule has 3 rings (SSSR count). The van der Waals surface area contributed by atoms with Crippen LogP contribution >= 0.6 is 11.6 Å². The number of alkyl halides is 3. The van der Waals surface area contributed by atoms with Gasteiger partial charge in [-0.1, -0.05) is 16.8 Å². The lowest BCUT2D eigenvalue weighted by molar-refractivity contribution is -0.197. The molecule has 3 amide bonds. The molecule has 1 atom stereocenters. The van der Waals surface area contributed by atoms with E-state index in [0.717, 1.165) is 12.1 Å². The van der Waals surface area contributed by atoms with Crippen LogP contribution in [-0.2, 0) is 4.79 Å². The number of halogens is 6. The molecular weight excluding hydrogens is 539 g/mol. The molecular formula is C23H22ClF5N6O3. The Balaban J connectivity index is 1.90. The zero-order valence-corrected chi connectivity index (χ0v) is 21.3. The number of amides is 3. The molecule has 0 aliphatic carbocycles. The maximum Gasteiger partial charge on any atom is 0.473 e. The minimum absolute atomic E-state index is 0.0140. The fourth-order valence-electron chi connectivity index (χ4n) is 3.67. The fraction of sp³-hybridized carbons (Fsp3) is 0.348. The molecule has 9 nitrogen and oxygen atoms in total. The van der Waals surface area contributed by atoms with Crippen molar-refractivity contribution in [3.05, 3.63) is 52.6 Å². The maximum atomic E-state index is 15.2. The lowest BCUT2D eigenvalue weighted by Crippen LogP contribution is -2.56. The summed E-state index contributed by atoms with van der Waals surface area (Å²) in [7, 11) is 0. The van der Waals surface area contributed by atoms with Gasteiger partial charge in [0.1, 0.15) is 11.6 Å². The molecule has 0 aliphatic heterocycles. The van der Waals surface area contributed by atoms with E-state index in [2.05, 4.69) is 20.4 Å². The Morgan fingerprint density at radius 2 is 1.76 bits per heavy atom. The van der Waals surface area contributed by atoms with Crippen LogP contribution in [0.2, 0.25) is 5.02 Å². The van der Waals surface area contributed by atoms with Gasteiger partial charge >= 0.3 is 18.1 Å². The first-order chi connectivity index (χ1) is 17.8. The van der Waals surface area contributed by atoms with Gasteiger partial charge in [-0.05, 0) is 44.5 Å². The van der Waals surface area contributed by atoms with Crippen molar-refractivity contribution < 1.29 is 36.1 Å². The third-order valence-electron chi connectivity index (χ3n) is 5.34. The molecule has 38 heavy (non-hydrogen) atoms. The molecule has 0 radical (unpaired) electrons. The van der Waals surface area contributed by atoms with Crippen molar-refractivity contribution in [3.63, 3.8) is 0 Å². The fourth-order valence-corrected chi connectivity index (χ4v) is 3.87. The molecule has 3 aromatic rings. The summed E-state index contributed by atoms with van der Waals surface area (Å²) in [6.45, 7) is 4.79. The molecule has 0 spiro atoms. The van der Waals surface area contributed by atoms with Crippen LogP contribution in [0.1, 0.15) is 38.4 Å². The second-order valence-corrected chi connectivity index (χ2v) is 8.38. The number of rotatable bonds is 6. The third kappa shape index (κ3) is 6.01. The van der Waals surface area contributed by atoms with Crippen LogP contribution in [0.4, 0.5) is 26.7 Å². The SMILES string of the molecule is CCN(C(=O)NC(C)c1ncc(-c2cc(Cl)cc(F)c2-c2noc(C)n2)cc1F)N(CC)C(=O)C(F)(F)F. The minimum Gasteiger partial charge on any atom is -0.339 e. The highest BCUT2D eigenvalue weighted by Gasteiger charge is 2.45. The van der Waals surface area contributed by atoms with Crippen molar-refractivity contribution in [2.24, 2.45) is 0 Å². The van der Waals surface area contributed by atoms with E-state index in [1.807, 2.05) is 0 Å². The van der Waals surface area contributed by atoms with Crippen molar-refractivity contribution in [2.45, 2.75) is 39.9 Å². The Hall–Kier alpha value is -3.81. The van der Waals surface area contributed by atoms with Crippen molar-refractivity contribution in [3.8, 4) is 22.5 Å². The predicted molar refractivity (Wildman–Crippen MR) is 125 cm³/mol. The first-order valence-electron chi connectivity index (χ1n) is 11.2. The number of urea groups is 1. The first kappa shape index (κ1) is 28.8. The zero-order valence-electron chi connectivity index (χ0n) is 20.5. The topological polar surface area (TPSA) is 104 Å². The summed E-state index contributed by atoms with van der Waals surface area (Å²) in [5.41, 5.74) is -0.143. The van der Waals surface area contributed by atoms with E-state index in [0.29, 0.717) is 5.01 Å². The zero-order chi connectivity index (χ0) is 28.4. The summed E-state index contributed by atoms with van der Waals surface area (Å²) in [5, 5.41) is 6.86. The van der Waals surface area contributed by atoms with Gasteiger partial charge in [0, 0.05) is 36.8 Å². The Labute approximate surface area is 218 Å². The standard InChI is InChI=1S/C23H22ClF5N6O3/c1-5-34(21(36)23(27,28)29)35(6-2)22(37)31-11(3)19-17(26)7-13(10-30-19)15-8-14(24)9-16(25)18(15)20-32-12(4)38-33-20/h7-11H,5-6H2,1-4H3,(H,31,37). The summed E-state index contributed by atoms with van der Waals surface area (Å²) in [4.78, 5) is 32.4. The number of hydrazine groups is 1. The van der Waals surface area contributed by atoms with Crippen LogP contribution in [0, 0.1) is 18.6 Å². The van der Waals surface area contributed by atoms with Crippen LogP contribution < -0.4 is 5.32 Å². The average molecular weight is 561 g/mol. The van der Waals surface area contributed by atoms with Gasteiger partial charge in [0.2, 0.25) is 11.7 Å². The van der Waals surface area contributed by atoms with Gasteiger partial charge in [-0.15, -0.1) is 0 Å². The molecule has 1 N–H and O–H groups in total. The maximum absolute atomic E-state index is 15.2. The number of hydrogen-bond donors (Lipinski definition) is 1. The Morgan fingerprint density at radius 1 is 1.11 bits per heavy atom. The van der Waals surface area contributed by atoms with E-state index in [1.54, 1.807) is 0 Å². The molecule has 15 heteroatoms. The van der Waals surface area contributed by atoms with Crippen molar-refractivity contribution >= 4 is 23.5 Å². The van der Waals surface area contributed by atoms with Gasteiger partial charge in [-0.25, -0.2) is 23.6 Å². The summed E-state index contributed by atoms with van der Waals surface area (Å²) in [5.74, 6) is -3.84. The van der Waals surface area contributed by atoms with Gasteiger partial charge in [-0.2, -0.15) is 18.2 Å². The Bertz CT molecular complexity index is 1350. The van der Waals surface area contributed by atoms with Gasteiger partial charge in [0.25, 0.3) is 0 Å². The molecule has 0 aliphatic rings. The number of nitrogens with one attached hydrogen (secondary N) is 1. The predicted octanol–water partition coefficient (Wildman–Crippen LogP) is 5.46. The molecule has 0 saturated heterocycles. The number of benzene rings is 1. The average Bonchev–Trinajstić information content (AvgIpc) is 3.26. The molecule has 0 fully saturated rings. The van der Waals surface area contributed by atoms with Crippen LogP contribution in [0.15, 0.2) is 28.9 Å². The Morgan fingerprint density at radius 3 is 2.29 bits per heavy atom. The van der Waals surface area contributed by atoms with Gasteiger partial charge < -0.3 is 9.84 Å². The number of pyridine rings is 1. The summed E-state index contributed by atoms with van der Waals surface area (Å²) in [6, 6.07) is 1.22. The van der Waals surface area contributed by atoms with Crippen LogP contribution in [0.5, 0.6) is 0 Å². The van der Waals surface area contributed by atoms with Crippen LogP contribution in [0.3, 0.4) is 0 Å². The minimum atomic E-state index is -5.20. The molecule has 2 aromatic heterocycles. The molecule has 2 heterocycles. The van der Waals surface area contributed by atoms with Gasteiger partial charge in [0.05, 0.1) is 17.3 Å². The second kappa shape index (κ2) is 11.3. The lowest BCUT2D eigenvalue weighted by atomic mass is 9.99. The van der Waals surface area contributed by atoms with Crippen molar-refractivity contribution in [1.29, 1.82) is 0 Å². The summed E-state index contributed by atoms with van der Waals surface area (Å²) >= 11 is 6.01. The van der Waals surface area contributed by atoms with Crippen molar-refractivity contribution in [2.75, 3.05) is 13.1 Å². The van der Waals surface area contributed by atoms with Gasteiger partial charge in [0.15, 0.2) is 0 Å². The lowest BCUT2D eigenvalue weighted by Gasteiger charge is -2.34. The summed E-state index contributed by atoms with van der Waals surface area (Å²) < 4.78 is 73.7. The smallest absolute Gasteiger partial charge is 0.339 e. The molecule has 1 unspecified atom stereocenters. The van der Waals surface area contributed by atoms with E-state index in [4.69, 9.17) is 16.1 Å². The van der Waals surface area contributed by atoms with Crippen LogP contribution in [-0.4, -0.2) is 56.3 Å².